The molecule has 0 aliphatic rings. The Balaban J connectivity index is 1.85. The Labute approximate surface area is 99.7 Å². The van der Waals surface area contributed by atoms with Gasteiger partial charge in [-0.25, -0.2) is 4.98 Å². The Kier molecular flexibility index (Phi) is 4.27. The van der Waals surface area contributed by atoms with Crippen molar-refractivity contribution in [2.45, 2.75) is 19.4 Å². The van der Waals surface area contributed by atoms with E-state index in [0.29, 0.717) is 0 Å². The van der Waals surface area contributed by atoms with Crippen molar-refractivity contribution in [3.63, 3.8) is 0 Å². The number of thiazole rings is 1. The van der Waals surface area contributed by atoms with Gasteiger partial charge in [0.25, 0.3) is 0 Å². The van der Waals surface area contributed by atoms with Crippen LogP contribution in [0.5, 0.6) is 0 Å². The first-order valence-electron chi connectivity index (χ1n) is 5.65. The van der Waals surface area contributed by atoms with Crippen LogP contribution in [-0.4, -0.2) is 18.1 Å². The van der Waals surface area contributed by atoms with Crippen LogP contribution in [0.25, 0.3) is 10.2 Å². The van der Waals surface area contributed by atoms with Crippen molar-refractivity contribution in [2.24, 2.45) is 5.73 Å². The van der Waals surface area contributed by atoms with Gasteiger partial charge >= 0.3 is 0 Å². The normalized spacial score (nSPS) is 11.1. The minimum atomic E-state index is 0.781. The Hall–Kier alpha value is -0.970. The molecule has 0 aliphatic heterocycles. The van der Waals surface area contributed by atoms with E-state index in [1.54, 1.807) is 11.3 Å². The third-order valence-corrected chi connectivity index (χ3v) is 3.46. The molecule has 0 amide bonds. The molecule has 0 fully saturated rings. The number of fused-ring (bicyclic) bond motifs is 1. The van der Waals surface area contributed by atoms with E-state index in [-0.39, 0.29) is 0 Å². The van der Waals surface area contributed by atoms with Crippen molar-refractivity contribution in [3.8, 4) is 0 Å². The van der Waals surface area contributed by atoms with Crippen molar-refractivity contribution in [2.75, 3.05) is 13.1 Å². The summed E-state index contributed by atoms with van der Waals surface area (Å²) in [5.74, 6) is 0. The Morgan fingerprint density at radius 1 is 1.25 bits per heavy atom. The maximum Gasteiger partial charge on any atom is 0.108 e. The van der Waals surface area contributed by atoms with Gasteiger partial charge in [0, 0.05) is 6.54 Å². The van der Waals surface area contributed by atoms with E-state index in [1.807, 2.05) is 6.07 Å². The third-order valence-electron chi connectivity index (χ3n) is 2.42. The molecule has 1 aromatic heterocycles. The molecule has 0 saturated heterocycles. The highest BCUT2D eigenvalue weighted by Gasteiger charge is 2.01. The highest BCUT2D eigenvalue weighted by Crippen LogP contribution is 2.21. The number of benzene rings is 1. The lowest BCUT2D eigenvalue weighted by atomic mass is 10.3. The van der Waals surface area contributed by atoms with Crippen LogP contribution >= 0.6 is 11.3 Å². The SMILES string of the molecule is NCCCCNCc1nc2ccccc2s1. The number of aromatic nitrogens is 1. The average molecular weight is 235 g/mol. The van der Waals surface area contributed by atoms with Crippen molar-refractivity contribution in [1.29, 1.82) is 0 Å². The Morgan fingerprint density at radius 3 is 2.94 bits per heavy atom. The lowest BCUT2D eigenvalue weighted by molar-refractivity contribution is 0.626. The summed E-state index contributed by atoms with van der Waals surface area (Å²) >= 11 is 1.76. The fourth-order valence-electron chi connectivity index (χ4n) is 1.59. The predicted molar refractivity (Wildman–Crippen MR) is 69.6 cm³/mol. The molecule has 4 heteroatoms. The largest absolute Gasteiger partial charge is 0.330 e. The fraction of sp³-hybridized carbons (Fsp3) is 0.417. The highest BCUT2D eigenvalue weighted by atomic mass is 32.1. The molecule has 0 atom stereocenters. The van der Waals surface area contributed by atoms with E-state index in [2.05, 4.69) is 28.5 Å². The van der Waals surface area contributed by atoms with E-state index < -0.39 is 0 Å². The molecule has 0 radical (unpaired) electrons. The van der Waals surface area contributed by atoms with Gasteiger partial charge in [0.05, 0.1) is 10.2 Å². The van der Waals surface area contributed by atoms with Crippen molar-refractivity contribution >= 4 is 21.6 Å². The zero-order chi connectivity index (χ0) is 11.2. The lowest BCUT2D eigenvalue weighted by Gasteiger charge is -2.00. The summed E-state index contributed by atoms with van der Waals surface area (Å²) in [6.45, 7) is 2.67. The quantitative estimate of drug-likeness (QED) is 0.754. The van der Waals surface area contributed by atoms with E-state index in [1.165, 1.54) is 4.70 Å². The van der Waals surface area contributed by atoms with Gasteiger partial charge < -0.3 is 11.1 Å². The van der Waals surface area contributed by atoms with Gasteiger partial charge in [-0.15, -0.1) is 11.3 Å². The van der Waals surface area contributed by atoms with Gasteiger partial charge in [0.2, 0.25) is 0 Å². The topological polar surface area (TPSA) is 50.9 Å². The predicted octanol–water partition coefficient (Wildman–Crippen LogP) is 2.12. The highest BCUT2D eigenvalue weighted by molar-refractivity contribution is 7.18. The molecular weight excluding hydrogens is 218 g/mol. The van der Waals surface area contributed by atoms with Crippen LogP contribution in [0.1, 0.15) is 17.8 Å². The molecule has 0 bridgehead atoms. The molecule has 2 rings (SSSR count). The smallest absolute Gasteiger partial charge is 0.108 e. The summed E-state index contributed by atoms with van der Waals surface area (Å²) in [5, 5.41) is 4.55. The van der Waals surface area contributed by atoms with Crippen LogP contribution in [0.2, 0.25) is 0 Å². The maximum atomic E-state index is 5.43. The summed E-state index contributed by atoms with van der Waals surface area (Å²) < 4.78 is 1.27. The number of nitrogens with zero attached hydrogens (tertiary/aromatic N) is 1. The van der Waals surface area contributed by atoms with Crippen LogP contribution in [0.3, 0.4) is 0 Å². The zero-order valence-corrected chi connectivity index (χ0v) is 10.1. The number of unbranched alkanes of at least 4 members (excludes halogenated alkanes) is 1. The average Bonchev–Trinajstić information content (AvgIpc) is 2.71. The zero-order valence-electron chi connectivity index (χ0n) is 9.28. The minimum Gasteiger partial charge on any atom is -0.330 e. The summed E-state index contributed by atoms with van der Waals surface area (Å²) in [4.78, 5) is 4.56. The summed E-state index contributed by atoms with van der Waals surface area (Å²) in [7, 11) is 0. The second-order valence-corrected chi connectivity index (χ2v) is 4.86. The van der Waals surface area contributed by atoms with Gasteiger partial charge in [-0.3, -0.25) is 0 Å². The molecule has 16 heavy (non-hydrogen) atoms. The first-order chi connectivity index (χ1) is 7.90. The van der Waals surface area contributed by atoms with Crippen LogP contribution < -0.4 is 11.1 Å². The first-order valence-corrected chi connectivity index (χ1v) is 6.47. The molecule has 0 saturated carbocycles. The maximum absolute atomic E-state index is 5.43. The van der Waals surface area contributed by atoms with E-state index in [0.717, 1.165) is 43.0 Å². The number of nitrogens with one attached hydrogen (secondary N) is 1. The van der Waals surface area contributed by atoms with Gasteiger partial charge in [-0.05, 0) is 38.1 Å². The molecule has 0 spiro atoms. The van der Waals surface area contributed by atoms with E-state index in [4.69, 9.17) is 5.73 Å². The summed E-state index contributed by atoms with van der Waals surface area (Å²) in [6.07, 6.45) is 2.23. The fourth-order valence-corrected chi connectivity index (χ4v) is 2.52. The van der Waals surface area contributed by atoms with E-state index >= 15 is 0 Å². The van der Waals surface area contributed by atoms with Gasteiger partial charge in [0.1, 0.15) is 5.01 Å². The number of para-hydroxylation sites is 1. The molecule has 86 valence electrons. The monoisotopic (exact) mass is 235 g/mol. The molecule has 3 nitrogen and oxygen atoms in total. The second kappa shape index (κ2) is 5.94. The van der Waals surface area contributed by atoms with Crippen LogP contribution in [-0.2, 0) is 6.54 Å². The van der Waals surface area contributed by atoms with Gasteiger partial charge in [-0.2, -0.15) is 0 Å². The summed E-state index contributed by atoms with van der Waals surface area (Å²) in [6, 6.07) is 8.26. The minimum absolute atomic E-state index is 0.781. The summed E-state index contributed by atoms with van der Waals surface area (Å²) in [5.41, 5.74) is 6.54. The number of hydrogen-bond donors (Lipinski definition) is 2. The number of hydrogen-bond acceptors (Lipinski definition) is 4. The van der Waals surface area contributed by atoms with Crippen LogP contribution in [0.4, 0.5) is 0 Å². The van der Waals surface area contributed by atoms with Gasteiger partial charge in [0.15, 0.2) is 0 Å². The molecule has 1 heterocycles. The molecular formula is C12H17N3S. The van der Waals surface area contributed by atoms with Gasteiger partial charge in [-0.1, -0.05) is 12.1 Å². The standard InChI is InChI=1S/C12H17N3S/c13-7-3-4-8-14-9-12-15-10-5-1-2-6-11(10)16-12/h1-2,5-6,14H,3-4,7-9,13H2. The van der Waals surface area contributed by atoms with Crippen molar-refractivity contribution in [1.82, 2.24) is 10.3 Å². The lowest BCUT2D eigenvalue weighted by Crippen LogP contribution is -2.15. The Bertz CT molecular complexity index is 406. The molecule has 2 aromatic rings. The molecule has 1 aromatic carbocycles. The number of rotatable bonds is 6. The first kappa shape index (κ1) is 11.5. The van der Waals surface area contributed by atoms with Crippen LogP contribution in [0.15, 0.2) is 24.3 Å². The number of nitrogens with two attached hydrogens (primary N) is 1. The molecule has 0 aliphatic carbocycles. The van der Waals surface area contributed by atoms with Crippen molar-refractivity contribution in [3.05, 3.63) is 29.3 Å². The van der Waals surface area contributed by atoms with Crippen LogP contribution in [0, 0.1) is 0 Å². The third kappa shape index (κ3) is 3.01. The van der Waals surface area contributed by atoms with E-state index in [9.17, 15) is 0 Å². The molecule has 0 unspecified atom stereocenters. The van der Waals surface area contributed by atoms with Crippen molar-refractivity contribution < 1.29 is 0 Å². The molecule has 3 N–H and O–H groups in total. The second-order valence-electron chi connectivity index (χ2n) is 3.75. The Morgan fingerprint density at radius 2 is 2.12 bits per heavy atom.